The normalized spacial score (nSPS) is 11.1. The molecule has 0 bridgehead atoms. The number of fused-ring (bicyclic) bond motifs is 3. The maximum atomic E-state index is 4.65. The molecule has 2 heterocycles. The average molecular weight is 713 g/mol. The fraction of sp³-hybridized carbons (Fsp3) is 0.211. The molecule has 209 valence electrons. The van der Waals surface area contributed by atoms with Crippen LogP contribution >= 0.6 is 0 Å². The summed E-state index contributed by atoms with van der Waals surface area (Å²) in [5, 5.41) is 4.99. The molecule has 1 radical (unpaired) electrons. The summed E-state index contributed by atoms with van der Waals surface area (Å²) >= 11 is 0. The zero-order chi connectivity index (χ0) is 28.4. The molecule has 0 unspecified atom stereocenters. The van der Waals surface area contributed by atoms with Gasteiger partial charge in [0.05, 0.1) is 0 Å². The first-order valence-corrected chi connectivity index (χ1v) is 13.8. The van der Waals surface area contributed by atoms with E-state index in [1.165, 1.54) is 38.2 Å². The van der Waals surface area contributed by atoms with Gasteiger partial charge >= 0.3 is 0 Å². The Morgan fingerprint density at radius 1 is 0.585 bits per heavy atom. The zero-order valence-electron chi connectivity index (χ0n) is 24.9. The summed E-state index contributed by atoms with van der Waals surface area (Å²) in [5.74, 6) is 0. The Kier molecular flexibility index (Phi) is 9.22. The summed E-state index contributed by atoms with van der Waals surface area (Å²) in [6.45, 7) is 15.0. The van der Waals surface area contributed by atoms with Crippen LogP contribution in [0.15, 0.2) is 91.3 Å². The van der Waals surface area contributed by atoms with Gasteiger partial charge in [-0.25, -0.2) is 0 Å². The Morgan fingerprint density at radius 2 is 1.32 bits per heavy atom. The van der Waals surface area contributed by atoms with Gasteiger partial charge in [-0.3, -0.25) is 0 Å². The minimum Gasteiger partial charge on any atom is -0.305 e. The van der Waals surface area contributed by atoms with E-state index in [-0.39, 0.29) is 25.5 Å². The van der Waals surface area contributed by atoms with Crippen molar-refractivity contribution < 1.29 is 20.1 Å². The van der Waals surface area contributed by atoms with Crippen molar-refractivity contribution in [3.63, 3.8) is 0 Å². The fourth-order valence-corrected chi connectivity index (χ4v) is 5.13. The molecule has 0 aliphatic heterocycles. The number of pyridine rings is 2. The van der Waals surface area contributed by atoms with Gasteiger partial charge in [0.1, 0.15) is 0 Å². The monoisotopic (exact) mass is 713 g/mol. The predicted molar refractivity (Wildman–Crippen MR) is 170 cm³/mol. The van der Waals surface area contributed by atoms with E-state index in [9.17, 15) is 0 Å². The Morgan fingerprint density at radius 3 is 2.05 bits per heavy atom. The van der Waals surface area contributed by atoms with Crippen molar-refractivity contribution in [2.75, 3.05) is 0 Å². The van der Waals surface area contributed by atoms with E-state index >= 15 is 0 Å². The third-order valence-electron chi connectivity index (χ3n) is 7.16. The van der Waals surface area contributed by atoms with Gasteiger partial charge < -0.3 is 9.97 Å². The third-order valence-corrected chi connectivity index (χ3v) is 7.16. The fourth-order valence-electron chi connectivity index (χ4n) is 5.13. The number of aromatic nitrogens is 2. The number of nitrogens with zero attached hydrogens (tertiary/aromatic N) is 2. The first-order chi connectivity index (χ1) is 19.1. The largest absolute Gasteiger partial charge is 0.305 e. The molecule has 0 saturated heterocycles. The molecule has 0 saturated carbocycles. The molecular formula is C38H36IrN2-2. The Bertz CT molecular complexity index is 1810. The topological polar surface area (TPSA) is 25.8 Å². The first kappa shape index (κ1) is 30.3. The molecule has 0 fully saturated rings. The second-order valence-corrected chi connectivity index (χ2v) is 11.7. The Balaban J connectivity index is 0.000000193. The predicted octanol–water partition coefficient (Wildman–Crippen LogP) is 9.93. The molecule has 0 aliphatic rings. The van der Waals surface area contributed by atoms with E-state index in [4.69, 9.17) is 0 Å². The number of hydrogen-bond acceptors (Lipinski definition) is 2. The van der Waals surface area contributed by atoms with Crippen LogP contribution in [0.4, 0.5) is 0 Å². The molecule has 6 rings (SSSR count). The van der Waals surface area contributed by atoms with Crippen LogP contribution in [0, 0.1) is 39.8 Å². The van der Waals surface area contributed by atoms with Crippen LogP contribution in [0.3, 0.4) is 0 Å². The van der Waals surface area contributed by atoms with Crippen molar-refractivity contribution in [1.82, 2.24) is 9.97 Å². The van der Waals surface area contributed by atoms with Crippen LogP contribution in [0.5, 0.6) is 0 Å². The van der Waals surface area contributed by atoms with E-state index in [0.29, 0.717) is 0 Å². The number of benzene rings is 4. The van der Waals surface area contributed by atoms with Crippen molar-refractivity contribution in [1.29, 1.82) is 0 Å². The summed E-state index contributed by atoms with van der Waals surface area (Å²) in [4.78, 5) is 9.09. The van der Waals surface area contributed by atoms with Gasteiger partial charge in [0.2, 0.25) is 0 Å². The molecule has 0 atom stereocenters. The molecule has 41 heavy (non-hydrogen) atoms. The number of rotatable bonds is 2. The second kappa shape index (κ2) is 12.5. The minimum atomic E-state index is 0. The van der Waals surface area contributed by atoms with Crippen LogP contribution in [0.1, 0.15) is 48.6 Å². The van der Waals surface area contributed by atoms with Gasteiger partial charge in [0.15, 0.2) is 0 Å². The van der Waals surface area contributed by atoms with Crippen molar-refractivity contribution in [3.05, 3.63) is 131 Å². The van der Waals surface area contributed by atoms with Crippen molar-refractivity contribution in [2.24, 2.45) is 0 Å². The maximum absolute atomic E-state index is 4.65. The Labute approximate surface area is 258 Å². The quantitative estimate of drug-likeness (QED) is 0.132. The Hall–Kier alpha value is -3.65. The van der Waals surface area contributed by atoms with Gasteiger partial charge in [-0.15, -0.1) is 70.3 Å². The van der Waals surface area contributed by atoms with Gasteiger partial charge in [0.25, 0.3) is 0 Å². The molecule has 0 N–H and O–H groups in total. The standard InChI is InChI=1S/C22H18N.C16H18N.Ir/c1-14-4-6-19-17(11-14)5-7-21-20(19)8-9-23-22(21)18-12-15(2)10-16(3)13-18;1-12-6-5-7-13(10-12)15-11-14(8-9-17-15)16(2,3)4;/h4-12H,1-3H3;5-9,11H,1-4H3;/q2*-1;. The number of aryl methyl sites for hydroxylation is 4. The third kappa shape index (κ3) is 6.99. The number of hydrogen-bond donors (Lipinski definition) is 0. The molecule has 3 heteroatoms. The van der Waals surface area contributed by atoms with Crippen LogP contribution < -0.4 is 0 Å². The van der Waals surface area contributed by atoms with Crippen molar-refractivity contribution in [3.8, 4) is 22.5 Å². The van der Waals surface area contributed by atoms with Crippen LogP contribution in [-0.2, 0) is 25.5 Å². The van der Waals surface area contributed by atoms with E-state index in [2.05, 4.69) is 143 Å². The van der Waals surface area contributed by atoms with Crippen LogP contribution in [-0.4, -0.2) is 9.97 Å². The van der Waals surface area contributed by atoms with E-state index < -0.39 is 0 Å². The van der Waals surface area contributed by atoms with Crippen molar-refractivity contribution in [2.45, 2.75) is 53.9 Å². The summed E-state index contributed by atoms with van der Waals surface area (Å²) in [6.07, 6.45) is 3.79. The van der Waals surface area contributed by atoms with Gasteiger partial charge in [0, 0.05) is 32.5 Å². The molecule has 0 aliphatic carbocycles. The van der Waals surface area contributed by atoms with E-state index in [0.717, 1.165) is 33.6 Å². The SMILES string of the molecule is Cc1[c-]c(-c2cc(C(C)(C)C)ccn2)ccc1.Cc1[c-]c(-c2nccc3c2ccc2cc(C)ccc23)cc(C)c1.[Ir]. The molecule has 0 amide bonds. The zero-order valence-corrected chi connectivity index (χ0v) is 27.3. The second-order valence-electron chi connectivity index (χ2n) is 11.7. The molecule has 6 aromatic rings. The van der Waals surface area contributed by atoms with E-state index in [1.807, 2.05) is 18.5 Å². The van der Waals surface area contributed by atoms with E-state index in [1.54, 1.807) is 0 Å². The summed E-state index contributed by atoms with van der Waals surface area (Å²) in [7, 11) is 0. The van der Waals surface area contributed by atoms with Gasteiger partial charge in [-0.2, -0.15) is 0 Å². The summed E-state index contributed by atoms with van der Waals surface area (Å²) in [6, 6.07) is 34.6. The summed E-state index contributed by atoms with van der Waals surface area (Å²) in [5.41, 5.74) is 10.4. The average Bonchev–Trinajstić information content (AvgIpc) is 2.92. The smallest absolute Gasteiger partial charge is 0.0167 e. The first-order valence-electron chi connectivity index (χ1n) is 13.8. The maximum Gasteiger partial charge on any atom is 0.0167 e. The summed E-state index contributed by atoms with van der Waals surface area (Å²) < 4.78 is 0. The molecule has 2 aromatic heterocycles. The molecule has 4 aromatic carbocycles. The molecular weight excluding hydrogens is 677 g/mol. The van der Waals surface area contributed by atoms with Crippen LogP contribution in [0.2, 0.25) is 0 Å². The van der Waals surface area contributed by atoms with Crippen molar-refractivity contribution >= 4 is 21.5 Å². The van der Waals surface area contributed by atoms with Crippen LogP contribution in [0.25, 0.3) is 44.1 Å². The molecule has 0 spiro atoms. The van der Waals surface area contributed by atoms with Gasteiger partial charge in [-0.05, 0) is 63.0 Å². The van der Waals surface area contributed by atoms with Gasteiger partial charge in [-0.1, -0.05) is 83.5 Å². The minimum absolute atomic E-state index is 0. The molecule has 2 nitrogen and oxygen atoms in total.